The van der Waals surface area contributed by atoms with Gasteiger partial charge < -0.3 is 9.64 Å². The Morgan fingerprint density at radius 1 is 1.56 bits per heavy atom. The fraction of sp³-hybridized carbons (Fsp3) is 0.643. The molecule has 18 heavy (non-hydrogen) atoms. The van der Waals surface area contributed by atoms with Gasteiger partial charge in [0.05, 0.1) is 6.04 Å². The van der Waals surface area contributed by atoms with Crippen molar-refractivity contribution in [3.63, 3.8) is 0 Å². The first-order chi connectivity index (χ1) is 8.72. The lowest BCUT2D eigenvalue weighted by molar-refractivity contribution is -0.140. The summed E-state index contributed by atoms with van der Waals surface area (Å²) in [6.45, 7) is 6.60. The minimum Gasteiger partial charge on any atom is -0.417 e. The Hall–Kier alpha value is -1.54. The molecule has 1 heterocycles. The predicted molar refractivity (Wildman–Crippen MR) is 69.4 cm³/mol. The van der Waals surface area contributed by atoms with Crippen LogP contribution in [-0.2, 0) is 14.3 Å². The molecule has 1 saturated heterocycles. The molecule has 1 atom stereocenters. The number of carbonyl (C=O) groups excluding carboxylic acids is 2. The van der Waals surface area contributed by atoms with Gasteiger partial charge in [-0.1, -0.05) is 26.3 Å². The van der Waals surface area contributed by atoms with E-state index >= 15 is 0 Å². The van der Waals surface area contributed by atoms with Gasteiger partial charge in [0, 0.05) is 13.0 Å². The van der Waals surface area contributed by atoms with Gasteiger partial charge >= 0.3 is 5.97 Å². The number of hydrogen-bond donors (Lipinski definition) is 0. The largest absolute Gasteiger partial charge is 0.417 e. The number of ether oxygens (including phenoxy) is 1. The summed E-state index contributed by atoms with van der Waals surface area (Å²) in [5.74, 6) is 1.53. The normalized spacial score (nSPS) is 18.3. The van der Waals surface area contributed by atoms with Crippen LogP contribution < -0.4 is 0 Å². The summed E-state index contributed by atoms with van der Waals surface area (Å²) in [7, 11) is 0. The predicted octanol–water partition coefficient (Wildman–Crippen LogP) is 2.43. The average Bonchev–Trinajstić information content (AvgIpc) is 2.84. The number of hydrogen-bond acceptors (Lipinski definition) is 4. The molecule has 4 heteroatoms. The zero-order valence-electron chi connectivity index (χ0n) is 11.0. The van der Waals surface area contributed by atoms with Crippen molar-refractivity contribution in [1.82, 2.24) is 4.90 Å². The number of nitrogens with zero attached hydrogens (tertiary/aromatic N) is 1. The molecule has 0 amide bonds. The topological polar surface area (TPSA) is 46.6 Å². The Bertz CT molecular complexity index is 345. The van der Waals surface area contributed by atoms with E-state index in [0.29, 0.717) is 6.42 Å². The lowest BCUT2D eigenvalue weighted by Gasteiger charge is -2.21. The van der Waals surface area contributed by atoms with Crippen molar-refractivity contribution in [1.29, 1.82) is 0 Å². The fourth-order valence-electron chi connectivity index (χ4n) is 2.14. The van der Waals surface area contributed by atoms with Crippen molar-refractivity contribution in [2.45, 2.75) is 51.5 Å². The molecule has 4 nitrogen and oxygen atoms in total. The van der Waals surface area contributed by atoms with E-state index < -0.39 is 0 Å². The van der Waals surface area contributed by atoms with Gasteiger partial charge in [0.25, 0.3) is 0 Å². The first-order valence-corrected chi connectivity index (χ1v) is 6.56. The quantitative estimate of drug-likeness (QED) is 0.302. The maximum Gasteiger partial charge on any atom is 0.311 e. The molecular weight excluding hydrogens is 230 g/mol. The van der Waals surface area contributed by atoms with Crippen molar-refractivity contribution in [2.75, 3.05) is 6.54 Å². The van der Waals surface area contributed by atoms with Crippen molar-refractivity contribution in [2.24, 2.45) is 0 Å². The first-order valence-electron chi connectivity index (χ1n) is 6.56. The van der Waals surface area contributed by atoms with Gasteiger partial charge in [0.1, 0.15) is 0 Å². The van der Waals surface area contributed by atoms with Crippen molar-refractivity contribution in [3.8, 4) is 0 Å². The Kier molecular flexibility index (Phi) is 6.23. The minimum absolute atomic E-state index is 0.105. The standard InChI is InChI=1S/C14H21NO3/c1-3-5-6-9-14(17)18-13(11-16)12-8-7-10-15(12)4-2/h4,12H,2-3,5-10H2,1H3. The third-order valence-electron chi connectivity index (χ3n) is 3.14. The Balaban J connectivity index is 2.49. The first kappa shape index (κ1) is 14.5. The van der Waals surface area contributed by atoms with E-state index in [4.69, 9.17) is 4.74 Å². The maximum absolute atomic E-state index is 11.6. The summed E-state index contributed by atoms with van der Waals surface area (Å²) in [5.41, 5.74) is 0. The summed E-state index contributed by atoms with van der Waals surface area (Å²) in [5, 5.41) is 0. The van der Waals surface area contributed by atoms with Crippen LogP contribution in [0.5, 0.6) is 0 Å². The van der Waals surface area contributed by atoms with Gasteiger partial charge in [-0.15, -0.1) is 0 Å². The van der Waals surface area contributed by atoms with Crippen molar-refractivity contribution >= 4 is 11.9 Å². The van der Waals surface area contributed by atoms with Crippen LogP contribution in [0.2, 0.25) is 0 Å². The molecule has 0 N–H and O–H groups in total. The van der Waals surface area contributed by atoms with Gasteiger partial charge in [0.2, 0.25) is 5.76 Å². The summed E-state index contributed by atoms with van der Waals surface area (Å²) in [4.78, 5) is 24.4. The van der Waals surface area contributed by atoms with Gasteiger partial charge in [-0.3, -0.25) is 4.79 Å². The summed E-state index contributed by atoms with van der Waals surface area (Å²) in [6, 6.07) is -0.171. The molecule has 1 rings (SSSR count). The van der Waals surface area contributed by atoms with Crippen molar-refractivity contribution in [3.05, 3.63) is 18.5 Å². The molecule has 0 spiro atoms. The number of rotatable bonds is 7. The third-order valence-corrected chi connectivity index (χ3v) is 3.14. The Labute approximate surface area is 108 Å². The van der Waals surface area contributed by atoms with Gasteiger partial charge in [-0.25, -0.2) is 4.79 Å². The molecule has 0 aromatic rings. The highest BCUT2D eigenvalue weighted by Crippen LogP contribution is 2.23. The summed E-state index contributed by atoms with van der Waals surface area (Å²) >= 11 is 0. The lowest BCUT2D eigenvalue weighted by Crippen LogP contribution is -2.28. The van der Waals surface area contributed by atoms with Crippen LogP contribution in [-0.4, -0.2) is 29.4 Å². The molecular formula is C14H21NO3. The molecule has 0 aromatic carbocycles. The smallest absolute Gasteiger partial charge is 0.311 e. The van der Waals surface area contributed by atoms with Gasteiger partial charge in [-0.2, -0.15) is 0 Å². The fourth-order valence-corrected chi connectivity index (χ4v) is 2.14. The molecule has 0 aromatic heterocycles. The van der Waals surface area contributed by atoms with E-state index in [9.17, 15) is 9.59 Å². The van der Waals surface area contributed by atoms with Crippen molar-refractivity contribution < 1.29 is 14.3 Å². The molecule has 1 fully saturated rings. The zero-order valence-corrected chi connectivity index (χ0v) is 11.0. The highest BCUT2D eigenvalue weighted by molar-refractivity contribution is 5.72. The number of unbranched alkanes of at least 4 members (excludes halogenated alkanes) is 2. The summed E-state index contributed by atoms with van der Waals surface area (Å²) < 4.78 is 5.13. The molecule has 0 saturated carbocycles. The second-order valence-corrected chi connectivity index (χ2v) is 4.48. The molecule has 0 aliphatic carbocycles. The molecule has 1 aliphatic rings. The van der Waals surface area contributed by atoms with Crippen LogP contribution >= 0.6 is 0 Å². The molecule has 0 bridgehead atoms. The highest BCUT2D eigenvalue weighted by Gasteiger charge is 2.28. The van der Waals surface area contributed by atoms with Crippen LogP contribution in [0.3, 0.4) is 0 Å². The van der Waals surface area contributed by atoms with E-state index in [1.165, 1.54) is 0 Å². The number of esters is 1. The number of likely N-dealkylation sites (tertiary alicyclic amines) is 1. The second kappa shape index (κ2) is 7.72. The van der Waals surface area contributed by atoms with Crippen LogP contribution in [0.25, 0.3) is 0 Å². The molecule has 100 valence electrons. The SMILES string of the molecule is C=CN1CCCC1C(=C=O)OC(=O)CCCCC. The Morgan fingerprint density at radius 2 is 2.33 bits per heavy atom. The third kappa shape index (κ3) is 4.04. The average molecular weight is 251 g/mol. The monoisotopic (exact) mass is 251 g/mol. The van der Waals surface area contributed by atoms with E-state index in [2.05, 4.69) is 13.5 Å². The lowest BCUT2D eigenvalue weighted by atomic mass is 10.2. The molecule has 1 aliphatic heterocycles. The number of carbonyl (C=O) groups is 1. The van der Waals surface area contributed by atoms with Crippen LogP contribution in [0, 0.1) is 0 Å². The van der Waals surface area contributed by atoms with Crippen LogP contribution in [0.4, 0.5) is 0 Å². The Morgan fingerprint density at radius 3 is 2.94 bits per heavy atom. The van der Waals surface area contributed by atoms with E-state index in [0.717, 1.165) is 38.6 Å². The van der Waals surface area contributed by atoms with E-state index in [1.54, 1.807) is 12.1 Å². The van der Waals surface area contributed by atoms with E-state index in [-0.39, 0.29) is 17.8 Å². The molecule has 0 radical (unpaired) electrons. The van der Waals surface area contributed by atoms with Crippen LogP contribution in [0.1, 0.15) is 45.4 Å². The second-order valence-electron chi connectivity index (χ2n) is 4.48. The summed E-state index contributed by atoms with van der Waals surface area (Å²) in [6.07, 6.45) is 6.67. The minimum atomic E-state index is -0.335. The molecule has 1 unspecified atom stereocenters. The van der Waals surface area contributed by atoms with E-state index in [1.807, 2.05) is 4.90 Å². The highest BCUT2D eigenvalue weighted by atomic mass is 16.5. The zero-order chi connectivity index (χ0) is 13.4. The maximum atomic E-state index is 11.6. The van der Waals surface area contributed by atoms with Gasteiger partial charge in [0.15, 0.2) is 5.94 Å². The van der Waals surface area contributed by atoms with Gasteiger partial charge in [-0.05, 0) is 25.5 Å². The van der Waals surface area contributed by atoms with Crippen LogP contribution in [0.15, 0.2) is 18.5 Å².